The molecule has 0 aliphatic heterocycles. The number of nitrogens with zero attached hydrogens (tertiary/aromatic N) is 4. The number of nitrogens with one attached hydrogen (secondary N) is 2. The van der Waals surface area contributed by atoms with Crippen LogP contribution in [0, 0.1) is 0 Å². The van der Waals surface area contributed by atoms with Gasteiger partial charge in [-0.25, -0.2) is 9.38 Å². The van der Waals surface area contributed by atoms with Gasteiger partial charge in [-0.2, -0.15) is 10.1 Å². The molecule has 0 spiro atoms. The van der Waals surface area contributed by atoms with Gasteiger partial charge < -0.3 is 5.32 Å². The Labute approximate surface area is 159 Å². The van der Waals surface area contributed by atoms with Gasteiger partial charge in [-0.15, -0.1) is 0 Å². The molecule has 3 aromatic heterocycles. The van der Waals surface area contributed by atoms with E-state index in [1.807, 2.05) is 48.5 Å². The second-order valence-electron chi connectivity index (χ2n) is 7.15. The molecule has 0 amide bonds. The molecule has 1 saturated carbocycles. The van der Waals surface area contributed by atoms with E-state index >= 15 is 0 Å². The third-order valence-corrected chi connectivity index (χ3v) is 5.23. The number of anilines is 2. The van der Waals surface area contributed by atoms with Crippen molar-refractivity contribution in [3.05, 3.63) is 70.6 Å². The SMILES string of the molecule is O=c1c2ccccc2nc2nc(Nc3cc(C4CC4)[nH]n3)c3ccccc3n12. The number of rotatable bonds is 3. The lowest BCUT2D eigenvalue weighted by Gasteiger charge is -2.11. The number of hydrogen-bond acceptors (Lipinski definition) is 5. The van der Waals surface area contributed by atoms with E-state index in [9.17, 15) is 4.79 Å². The van der Waals surface area contributed by atoms with Crippen molar-refractivity contribution in [2.45, 2.75) is 18.8 Å². The van der Waals surface area contributed by atoms with Gasteiger partial charge in [0.15, 0.2) is 5.82 Å². The first-order valence-electron chi connectivity index (χ1n) is 9.30. The van der Waals surface area contributed by atoms with Crippen molar-refractivity contribution < 1.29 is 0 Å². The van der Waals surface area contributed by atoms with Crippen LogP contribution in [0.3, 0.4) is 0 Å². The third kappa shape index (κ3) is 2.29. The van der Waals surface area contributed by atoms with E-state index in [1.54, 1.807) is 10.5 Å². The molecule has 28 heavy (non-hydrogen) atoms. The lowest BCUT2D eigenvalue weighted by atomic mass is 10.2. The van der Waals surface area contributed by atoms with E-state index in [-0.39, 0.29) is 5.56 Å². The van der Waals surface area contributed by atoms with Gasteiger partial charge in [-0.3, -0.25) is 9.89 Å². The minimum atomic E-state index is -0.119. The summed E-state index contributed by atoms with van der Waals surface area (Å²) in [5.41, 5.74) is 2.42. The monoisotopic (exact) mass is 368 g/mol. The molecule has 1 aliphatic carbocycles. The largest absolute Gasteiger partial charge is 0.323 e. The molecular formula is C21H16N6O. The maximum Gasteiger partial charge on any atom is 0.267 e. The number of benzene rings is 2. The van der Waals surface area contributed by atoms with Crippen molar-refractivity contribution in [3.63, 3.8) is 0 Å². The number of aromatic nitrogens is 5. The summed E-state index contributed by atoms with van der Waals surface area (Å²) >= 11 is 0. The number of para-hydroxylation sites is 2. The normalized spacial score (nSPS) is 14.1. The molecule has 1 aliphatic rings. The highest BCUT2D eigenvalue weighted by Crippen LogP contribution is 2.39. The van der Waals surface area contributed by atoms with E-state index in [1.165, 1.54) is 12.8 Å². The fraction of sp³-hybridized carbons (Fsp3) is 0.143. The highest BCUT2D eigenvalue weighted by atomic mass is 16.1. The molecule has 2 aromatic carbocycles. The predicted molar refractivity (Wildman–Crippen MR) is 108 cm³/mol. The van der Waals surface area contributed by atoms with Crippen molar-refractivity contribution in [1.82, 2.24) is 24.6 Å². The smallest absolute Gasteiger partial charge is 0.267 e. The molecule has 0 unspecified atom stereocenters. The molecule has 3 heterocycles. The molecular weight excluding hydrogens is 352 g/mol. The third-order valence-electron chi connectivity index (χ3n) is 5.23. The van der Waals surface area contributed by atoms with Crippen molar-refractivity contribution in [2.24, 2.45) is 0 Å². The molecule has 1 fully saturated rings. The van der Waals surface area contributed by atoms with Crippen LogP contribution >= 0.6 is 0 Å². The van der Waals surface area contributed by atoms with Crippen molar-refractivity contribution in [2.75, 3.05) is 5.32 Å². The Bertz CT molecular complexity index is 1430. The van der Waals surface area contributed by atoms with Gasteiger partial charge in [-0.1, -0.05) is 24.3 Å². The summed E-state index contributed by atoms with van der Waals surface area (Å²) in [7, 11) is 0. The van der Waals surface area contributed by atoms with Crippen LogP contribution in [0.4, 0.5) is 11.6 Å². The fourth-order valence-electron chi connectivity index (χ4n) is 3.66. The highest BCUT2D eigenvalue weighted by molar-refractivity contribution is 5.93. The van der Waals surface area contributed by atoms with Crippen LogP contribution in [0.5, 0.6) is 0 Å². The molecule has 136 valence electrons. The summed E-state index contributed by atoms with van der Waals surface area (Å²) in [6.07, 6.45) is 2.41. The Morgan fingerprint density at radius 1 is 1.00 bits per heavy atom. The molecule has 6 rings (SSSR count). The molecule has 0 radical (unpaired) electrons. The Morgan fingerprint density at radius 3 is 2.64 bits per heavy atom. The summed E-state index contributed by atoms with van der Waals surface area (Å²) in [4.78, 5) is 22.4. The maximum atomic E-state index is 13.1. The van der Waals surface area contributed by atoms with Crippen LogP contribution in [-0.4, -0.2) is 24.6 Å². The first kappa shape index (κ1) is 15.3. The Morgan fingerprint density at radius 2 is 1.79 bits per heavy atom. The molecule has 7 heteroatoms. The number of aromatic amines is 1. The number of H-pyrrole nitrogens is 1. The van der Waals surface area contributed by atoms with Crippen molar-refractivity contribution in [1.29, 1.82) is 0 Å². The van der Waals surface area contributed by atoms with E-state index < -0.39 is 0 Å². The van der Waals surface area contributed by atoms with Gasteiger partial charge in [0.2, 0.25) is 5.78 Å². The van der Waals surface area contributed by atoms with Gasteiger partial charge in [0, 0.05) is 23.1 Å². The van der Waals surface area contributed by atoms with Gasteiger partial charge in [0.1, 0.15) is 5.82 Å². The molecule has 7 nitrogen and oxygen atoms in total. The molecule has 0 saturated heterocycles. The Balaban J connectivity index is 1.61. The van der Waals surface area contributed by atoms with Gasteiger partial charge in [0.25, 0.3) is 5.56 Å². The zero-order valence-corrected chi connectivity index (χ0v) is 14.9. The summed E-state index contributed by atoms with van der Waals surface area (Å²) in [5.74, 6) is 2.30. The predicted octanol–water partition coefficient (Wildman–Crippen LogP) is 3.74. The van der Waals surface area contributed by atoms with Gasteiger partial charge >= 0.3 is 0 Å². The van der Waals surface area contributed by atoms with Crippen LogP contribution in [0.1, 0.15) is 24.5 Å². The average Bonchev–Trinajstić information content (AvgIpc) is 3.47. The van der Waals surface area contributed by atoms with Crippen molar-refractivity contribution in [3.8, 4) is 0 Å². The zero-order valence-electron chi connectivity index (χ0n) is 14.9. The molecule has 0 atom stereocenters. The van der Waals surface area contributed by atoms with Crippen LogP contribution < -0.4 is 10.9 Å². The van der Waals surface area contributed by atoms with Crippen LogP contribution in [-0.2, 0) is 0 Å². The number of hydrogen-bond donors (Lipinski definition) is 2. The Kier molecular flexibility index (Phi) is 3.08. The van der Waals surface area contributed by atoms with Crippen molar-refractivity contribution >= 4 is 39.2 Å². The highest BCUT2D eigenvalue weighted by Gasteiger charge is 2.25. The zero-order chi connectivity index (χ0) is 18.7. The Hall–Kier alpha value is -3.74. The van der Waals surface area contributed by atoms with Crippen LogP contribution in [0.2, 0.25) is 0 Å². The minimum absolute atomic E-state index is 0.119. The van der Waals surface area contributed by atoms with Gasteiger partial charge in [-0.05, 0) is 37.1 Å². The summed E-state index contributed by atoms with van der Waals surface area (Å²) in [6.45, 7) is 0. The summed E-state index contributed by atoms with van der Waals surface area (Å²) < 4.78 is 1.57. The maximum absolute atomic E-state index is 13.1. The van der Waals surface area contributed by atoms with E-state index in [0.717, 1.165) is 16.6 Å². The second-order valence-corrected chi connectivity index (χ2v) is 7.15. The molecule has 2 N–H and O–H groups in total. The summed E-state index contributed by atoms with van der Waals surface area (Å²) in [6, 6.07) is 17.1. The van der Waals surface area contributed by atoms with E-state index in [4.69, 9.17) is 0 Å². The topological polar surface area (TPSA) is 88.0 Å². The fourth-order valence-corrected chi connectivity index (χ4v) is 3.66. The quantitative estimate of drug-likeness (QED) is 0.374. The lowest BCUT2D eigenvalue weighted by molar-refractivity contribution is 0.966. The number of fused-ring (bicyclic) bond motifs is 4. The first-order valence-corrected chi connectivity index (χ1v) is 9.30. The molecule has 5 aromatic rings. The van der Waals surface area contributed by atoms with E-state index in [2.05, 4.69) is 25.5 Å². The lowest BCUT2D eigenvalue weighted by Crippen LogP contribution is -2.18. The van der Waals surface area contributed by atoms with E-state index in [0.29, 0.717) is 34.2 Å². The second kappa shape index (κ2) is 5.63. The average molecular weight is 368 g/mol. The summed E-state index contributed by atoms with van der Waals surface area (Å²) in [5, 5.41) is 12.2. The first-order chi connectivity index (χ1) is 13.8. The standard InChI is InChI=1S/C21H16N6O/c28-20-13-5-1-3-7-15(13)22-21-24-19(14-6-2-4-8-17(14)27(20)21)23-18-11-16(25-26-18)12-9-10-12/h1-8,11-12H,9-10H2,(H2,22,23,24,25,26). The van der Waals surface area contributed by atoms with Crippen LogP contribution in [0.25, 0.3) is 27.6 Å². The minimum Gasteiger partial charge on any atom is -0.323 e. The van der Waals surface area contributed by atoms with Crippen LogP contribution in [0.15, 0.2) is 59.4 Å². The van der Waals surface area contributed by atoms with Gasteiger partial charge in [0.05, 0.1) is 16.4 Å². The molecule has 0 bridgehead atoms.